The van der Waals surface area contributed by atoms with Gasteiger partial charge >= 0.3 is 5.97 Å². The van der Waals surface area contributed by atoms with E-state index >= 15 is 0 Å². The maximum atomic E-state index is 13.7. The zero-order chi connectivity index (χ0) is 41.8. The van der Waals surface area contributed by atoms with Gasteiger partial charge in [-0.15, -0.1) is 0 Å². The molecule has 3 heterocycles. The number of nitrogens with two attached hydrogens (primary N) is 1. The minimum Gasteiger partial charge on any atom is -0.508 e. The molecule has 0 radical (unpaired) electrons. The number of carbonyl (C=O) groups excluding carboxylic acids is 2. The van der Waals surface area contributed by atoms with E-state index in [9.17, 15) is 49.8 Å². The third-order valence-electron chi connectivity index (χ3n) is 10.5. The largest absolute Gasteiger partial charge is 0.508 e. The number of hydrogen-bond donors (Lipinski definition) is 9. The summed E-state index contributed by atoms with van der Waals surface area (Å²) in [4.78, 5) is 54.0. The fourth-order valence-electron chi connectivity index (χ4n) is 7.08. The van der Waals surface area contributed by atoms with Gasteiger partial charge in [-0.3, -0.25) is 19.7 Å². The zero-order valence-electron chi connectivity index (χ0n) is 31.1. The van der Waals surface area contributed by atoms with Gasteiger partial charge in [-0.2, -0.15) is 0 Å². The number of phenols is 1. The van der Waals surface area contributed by atoms with Crippen LogP contribution in [0.1, 0.15) is 35.0 Å². The Balaban J connectivity index is 1.33. The summed E-state index contributed by atoms with van der Waals surface area (Å²) in [6.07, 6.45) is -1.32. The number of primary amides is 1. The average Bonchev–Trinajstić information content (AvgIpc) is 3.73. The minimum atomic E-state index is -3.41. The van der Waals surface area contributed by atoms with Crippen LogP contribution in [0.5, 0.6) is 11.5 Å². The molecule has 304 valence electrons. The maximum Gasteiger partial charge on any atom is 0.335 e. The van der Waals surface area contributed by atoms with E-state index in [0.717, 1.165) is 17.2 Å². The summed E-state index contributed by atoms with van der Waals surface area (Å²) in [6.45, 7) is 1.96. The maximum absolute atomic E-state index is 13.7. The molecule has 6 rings (SSSR count). The Morgan fingerprint density at radius 1 is 1.07 bits per heavy atom. The third kappa shape index (κ3) is 8.15. The van der Waals surface area contributed by atoms with E-state index in [-0.39, 0.29) is 58.3 Å². The number of carbonyl (C=O) groups is 3. The van der Waals surface area contributed by atoms with E-state index in [1.54, 1.807) is 6.20 Å². The number of allylic oxidation sites excluding steroid dienone is 1. The van der Waals surface area contributed by atoms with Crippen molar-refractivity contribution < 1.29 is 58.9 Å². The van der Waals surface area contributed by atoms with Crippen molar-refractivity contribution in [1.82, 2.24) is 10.3 Å². The molecule has 8 unspecified atom stereocenters. The van der Waals surface area contributed by atoms with E-state index in [0.29, 0.717) is 12.8 Å². The molecular formula is C42H43N3O13. The quantitative estimate of drug-likeness (QED) is 0.0512. The summed E-state index contributed by atoms with van der Waals surface area (Å²) >= 11 is 0. The van der Waals surface area contributed by atoms with Gasteiger partial charge in [0.1, 0.15) is 29.4 Å². The van der Waals surface area contributed by atoms with E-state index in [1.165, 1.54) is 36.4 Å². The summed E-state index contributed by atoms with van der Waals surface area (Å²) in [5, 5.41) is 68.8. The molecule has 0 aliphatic carbocycles. The Kier molecular flexibility index (Phi) is 12.3. The van der Waals surface area contributed by atoms with Crippen LogP contribution in [0.15, 0.2) is 107 Å². The van der Waals surface area contributed by atoms with Crippen LogP contribution < -0.4 is 21.2 Å². The number of H-pyrrole nitrogens is 1. The first-order chi connectivity index (χ1) is 27.7. The summed E-state index contributed by atoms with van der Waals surface area (Å²) in [6, 6.07) is 20.4. The van der Waals surface area contributed by atoms with Gasteiger partial charge in [-0.1, -0.05) is 61.5 Å². The van der Waals surface area contributed by atoms with E-state index in [1.807, 2.05) is 61.7 Å². The van der Waals surface area contributed by atoms with Crippen LogP contribution >= 0.6 is 0 Å². The van der Waals surface area contributed by atoms with Crippen molar-refractivity contribution in [2.75, 3.05) is 6.54 Å². The van der Waals surface area contributed by atoms with Crippen molar-refractivity contribution in [1.29, 1.82) is 0 Å². The van der Waals surface area contributed by atoms with Gasteiger partial charge in [0, 0.05) is 25.0 Å². The van der Waals surface area contributed by atoms with Crippen molar-refractivity contribution in [2.24, 2.45) is 17.6 Å². The van der Waals surface area contributed by atoms with Crippen molar-refractivity contribution in [2.45, 2.75) is 55.7 Å². The highest BCUT2D eigenvalue weighted by molar-refractivity contribution is 5.99. The number of aromatic amines is 1. The third-order valence-corrected chi connectivity index (χ3v) is 10.5. The topological polar surface area (TPSA) is 275 Å². The number of aldehydes is 1. The molecule has 0 saturated carbocycles. The Bertz CT molecular complexity index is 2330. The second-order valence-corrected chi connectivity index (χ2v) is 14.3. The first-order valence-electron chi connectivity index (χ1n) is 18.3. The van der Waals surface area contributed by atoms with Crippen LogP contribution in [0.2, 0.25) is 0 Å². The molecule has 0 spiro atoms. The van der Waals surface area contributed by atoms with Crippen LogP contribution in [0.3, 0.4) is 0 Å². The molecule has 2 aromatic heterocycles. The van der Waals surface area contributed by atoms with Crippen molar-refractivity contribution in [3.05, 3.63) is 124 Å². The Morgan fingerprint density at radius 3 is 2.43 bits per heavy atom. The van der Waals surface area contributed by atoms with Gasteiger partial charge in [0.25, 0.3) is 5.91 Å². The normalized spacial score (nSPS) is 23.6. The molecule has 10 N–H and O–H groups in total. The average molecular weight is 798 g/mol. The highest BCUT2D eigenvalue weighted by atomic mass is 16.7. The summed E-state index contributed by atoms with van der Waals surface area (Å²) in [5.41, 5.74) is -0.145. The SMILES string of the molecule is CC(CC=Cc1ccccc1)C(CNC(O)C1(O)C(Oc2ccc3c(=O)c(-c4ccc(O)cc4)c(C(N)=O)oc3c2)OC(C(=O)O)C(O)C1(O)C=O)Cc1cc[nH]c1. The number of ether oxygens (including phenoxy) is 2. The molecule has 8 atom stereocenters. The second-order valence-electron chi connectivity index (χ2n) is 14.3. The standard InChI is InChI=1S/C42H43N3O13/c1-23(6-5-9-24-7-3-2-4-8-24)27(18-25-16-17-44-20-25)21-45-39(53)42(55)40(58-35(38(51)52)36(49)41(42,54)22-46)56-29-14-15-30-31(19-29)57-34(37(43)50)32(33(30)48)26-10-12-28(47)13-11-26/h2-5,7-17,19-20,22-23,27,35-36,39-40,44-45,47,49,53-55H,6,18,21H2,1H3,(H2,43,50)(H,51,52). The molecule has 1 aliphatic rings. The lowest BCUT2D eigenvalue weighted by Crippen LogP contribution is -2.82. The van der Waals surface area contributed by atoms with Crippen LogP contribution in [-0.4, -0.2) is 96.3 Å². The first kappa shape index (κ1) is 41.5. The Labute approximate surface area is 330 Å². The van der Waals surface area contributed by atoms with Gasteiger partial charge < -0.3 is 55.2 Å². The van der Waals surface area contributed by atoms with Crippen LogP contribution in [0, 0.1) is 11.8 Å². The molecule has 16 nitrogen and oxygen atoms in total. The number of carboxylic acids is 1. The highest BCUT2D eigenvalue weighted by Gasteiger charge is 2.71. The van der Waals surface area contributed by atoms with Gasteiger partial charge in [0.05, 0.1) is 10.9 Å². The number of aromatic nitrogens is 1. The minimum absolute atomic E-state index is 0.0322. The molecule has 1 aliphatic heterocycles. The number of rotatable bonds is 16. The molecule has 1 amide bonds. The molecule has 0 bridgehead atoms. The Hall–Kier alpha value is -6.14. The number of aromatic hydroxyl groups is 1. The predicted molar refractivity (Wildman–Crippen MR) is 208 cm³/mol. The number of amides is 1. The summed E-state index contributed by atoms with van der Waals surface area (Å²) in [5.74, 6) is -4.21. The van der Waals surface area contributed by atoms with Crippen molar-refractivity contribution in [3.8, 4) is 22.6 Å². The number of aliphatic hydroxyl groups is 4. The number of aliphatic hydroxyl groups excluding tert-OH is 2. The van der Waals surface area contributed by atoms with Crippen molar-refractivity contribution >= 4 is 35.2 Å². The molecule has 5 aromatic rings. The lowest BCUT2D eigenvalue weighted by Gasteiger charge is -2.53. The van der Waals surface area contributed by atoms with Crippen LogP contribution in [0.4, 0.5) is 0 Å². The molecule has 16 heteroatoms. The lowest BCUT2D eigenvalue weighted by molar-refractivity contribution is -0.359. The number of hydrogen-bond acceptors (Lipinski definition) is 13. The van der Waals surface area contributed by atoms with E-state index in [4.69, 9.17) is 19.6 Å². The fraction of sp³-hybridized carbons (Fsp3) is 0.286. The zero-order valence-corrected chi connectivity index (χ0v) is 31.1. The van der Waals surface area contributed by atoms with Crippen molar-refractivity contribution in [3.63, 3.8) is 0 Å². The van der Waals surface area contributed by atoms with Crippen LogP contribution in [0.25, 0.3) is 28.2 Å². The lowest BCUT2D eigenvalue weighted by atomic mass is 9.73. The molecule has 3 aromatic carbocycles. The van der Waals surface area contributed by atoms with Gasteiger partial charge in [0.2, 0.25) is 23.1 Å². The fourth-order valence-corrected chi connectivity index (χ4v) is 7.08. The number of phenolic OH excluding ortho intramolecular Hbond substituents is 1. The molecule has 1 saturated heterocycles. The molecule has 58 heavy (non-hydrogen) atoms. The first-order valence-corrected chi connectivity index (χ1v) is 18.3. The van der Waals surface area contributed by atoms with Crippen LogP contribution in [-0.2, 0) is 20.7 Å². The highest BCUT2D eigenvalue weighted by Crippen LogP contribution is 2.41. The van der Waals surface area contributed by atoms with E-state index in [2.05, 4.69) is 10.3 Å². The van der Waals surface area contributed by atoms with Gasteiger partial charge in [-0.05, 0) is 71.7 Å². The Morgan fingerprint density at radius 2 is 1.79 bits per heavy atom. The number of nitrogens with one attached hydrogen (secondary N) is 2. The van der Waals surface area contributed by atoms with Gasteiger partial charge in [0.15, 0.2) is 18.0 Å². The second kappa shape index (κ2) is 17.2. The molecular weight excluding hydrogens is 754 g/mol. The monoisotopic (exact) mass is 797 g/mol. The summed E-state index contributed by atoms with van der Waals surface area (Å²) in [7, 11) is 0. The number of carboxylic acid groups (broad SMARTS) is 1. The molecule has 1 fully saturated rings. The summed E-state index contributed by atoms with van der Waals surface area (Å²) < 4.78 is 17.1. The number of fused-ring (bicyclic) bond motifs is 1. The number of aliphatic carboxylic acids is 1. The van der Waals surface area contributed by atoms with Gasteiger partial charge in [-0.25, -0.2) is 4.79 Å². The predicted octanol–water partition coefficient (Wildman–Crippen LogP) is 2.31. The smallest absolute Gasteiger partial charge is 0.335 e. The van der Waals surface area contributed by atoms with E-state index < -0.39 is 59.0 Å². The number of benzene rings is 3.